The molecule has 0 aliphatic heterocycles. The Morgan fingerprint density at radius 2 is 1.56 bits per heavy atom. The first-order valence-corrected chi connectivity index (χ1v) is 12.9. The highest BCUT2D eigenvalue weighted by Crippen LogP contribution is 2.47. The molecular formula is C24H30O2Si. The van der Waals surface area contributed by atoms with Crippen molar-refractivity contribution in [1.82, 2.24) is 0 Å². The lowest BCUT2D eigenvalue weighted by Crippen LogP contribution is -2.52. The number of carbonyl (C=O) groups excluding carboxylic acids is 1. The largest absolute Gasteiger partial charge is 0.497 e. The van der Waals surface area contributed by atoms with Crippen molar-refractivity contribution in [2.45, 2.75) is 45.2 Å². The molecule has 0 heterocycles. The van der Waals surface area contributed by atoms with Gasteiger partial charge in [-0.05, 0) is 37.1 Å². The zero-order valence-electron chi connectivity index (χ0n) is 16.8. The molecule has 0 spiro atoms. The molecule has 0 unspecified atom stereocenters. The van der Waals surface area contributed by atoms with Gasteiger partial charge in [0.05, 0.1) is 12.5 Å². The van der Waals surface area contributed by atoms with Crippen LogP contribution in [0.15, 0.2) is 66.4 Å². The molecule has 3 rings (SSSR count). The molecular weight excluding hydrogens is 348 g/mol. The van der Waals surface area contributed by atoms with Gasteiger partial charge in [-0.1, -0.05) is 73.1 Å². The first kappa shape index (κ1) is 19.6. The maximum Gasteiger partial charge on any atom is 0.172 e. The Morgan fingerprint density at radius 1 is 0.963 bits per heavy atom. The van der Waals surface area contributed by atoms with E-state index in [2.05, 4.69) is 50.0 Å². The summed E-state index contributed by atoms with van der Waals surface area (Å²) in [6.45, 7) is 9.27. The van der Waals surface area contributed by atoms with Crippen molar-refractivity contribution in [3.05, 3.63) is 71.9 Å². The molecule has 27 heavy (non-hydrogen) atoms. The standard InChI is InChI=1S/C24H30O2Si/c1-19(27(3,4)22-11-7-5-8-12-22)24(17-9-6-10-18-24)23(25)20-13-15-21(26-2)16-14-20/h5,7-8,11-16H,1,6,9-10,17-18H2,2-4H3. The van der Waals surface area contributed by atoms with Crippen LogP contribution >= 0.6 is 0 Å². The number of benzene rings is 2. The highest BCUT2D eigenvalue weighted by Gasteiger charge is 2.47. The SMILES string of the molecule is C=C(C1(C(=O)c2ccc(OC)cc2)CCCCC1)[Si](C)(C)c1ccccc1. The van der Waals surface area contributed by atoms with Gasteiger partial charge in [0.25, 0.3) is 0 Å². The Kier molecular flexibility index (Phi) is 5.71. The first-order chi connectivity index (χ1) is 12.9. The maximum atomic E-state index is 13.8. The van der Waals surface area contributed by atoms with E-state index in [9.17, 15) is 4.79 Å². The third-order valence-electron chi connectivity index (χ3n) is 6.32. The van der Waals surface area contributed by atoms with Crippen LogP contribution < -0.4 is 9.92 Å². The fourth-order valence-corrected chi connectivity index (χ4v) is 7.40. The summed E-state index contributed by atoms with van der Waals surface area (Å²) in [4.78, 5) is 13.8. The minimum Gasteiger partial charge on any atom is -0.497 e. The first-order valence-electron chi connectivity index (χ1n) is 9.86. The number of rotatable bonds is 6. The van der Waals surface area contributed by atoms with Crippen LogP contribution in [0.25, 0.3) is 0 Å². The Balaban J connectivity index is 2.01. The summed E-state index contributed by atoms with van der Waals surface area (Å²) < 4.78 is 5.26. The molecule has 142 valence electrons. The molecule has 0 amide bonds. The fourth-order valence-electron chi connectivity index (χ4n) is 4.47. The van der Waals surface area contributed by atoms with E-state index in [1.165, 1.54) is 16.8 Å². The molecule has 2 nitrogen and oxygen atoms in total. The molecule has 1 aliphatic carbocycles. The topological polar surface area (TPSA) is 26.3 Å². The van der Waals surface area contributed by atoms with Gasteiger partial charge in [0.15, 0.2) is 5.78 Å². The van der Waals surface area contributed by atoms with Gasteiger partial charge in [-0.3, -0.25) is 4.79 Å². The van der Waals surface area contributed by atoms with E-state index in [0.29, 0.717) is 0 Å². The predicted octanol–water partition coefficient (Wildman–Crippen LogP) is 5.54. The second kappa shape index (κ2) is 7.85. The zero-order chi connectivity index (χ0) is 19.5. The van der Waals surface area contributed by atoms with E-state index >= 15 is 0 Å². The maximum absolute atomic E-state index is 13.8. The summed E-state index contributed by atoms with van der Waals surface area (Å²) in [6, 6.07) is 18.2. The molecule has 1 aliphatic rings. The summed E-state index contributed by atoms with van der Waals surface area (Å²) >= 11 is 0. The van der Waals surface area contributed by atoms with E-state index < -0.39 is 13.5 Å². The van der Waals surface area contributed by atoms with Crippen LogP contribution in [0, 0.1) is 5.41 Å². The summed E-state index contributed by atoms with van der Waals surface area (Å²) in [7, 11) is -0.348. The van der Waals surface area contributed by atoms with Crippen LogP contribution in [0.3, 0.4) is 0 Å². The van der Waals surface area contributed by atoms with Crippen molar-refractivity contribution in [1.29, 1.82) is 0 Å². The molecule has 2 aromatic rings. The molecule has 0 atom stereocenters. The molecule has 0 bridgehead atoms. The quantitative estimate of drug-likeness (QED) is 0.487. The summed E-state index contributed by atoms with van der Waals surface area (Å²) in [5, 5.41) is 2.53. The van der Waals surface area contributed by atoms with Crippen LogP contribution in [0.2, 0.25) is 13.1 Å². The number of Topliss-reactive ketones (excluding diaryl/α,β-unsaturated/α-hetero) is 1. The number of methoxy groups -OCH3 is 1. The minimum atomic E-state index is -2.00. The normalized spacial score (nSPS) is 16.6. The number of allylic oxidation sites excluding steroid dienone is 1. The number of hydrogen-bond donors (Lipinski definition) is 0. The third-order valence-corrected chi connectivity index (χ3v) is 10.1. The number of hydrogen-bond acceptors (Lipinski definition) is 2. The van der Waals surface area contributed by atoms with E-state index in [4.69, 9.17) is 4.74 Å². The second-order valence-electron chi connectivity index (χ2n) is 8.17. The number of ketones is 1. The second-order valence-corrected chi connectivity index (χ2v) is 12.6. The Bertz CT molecular complexity index is 800. The van der Waals surface area contributed by atoms with Gasteiger partial charge < -0.3 is 4.74 Å². The molecule has 0 aromatic heterocycles. The highest BCUT2D eigenvalue weighted by molar-refractivity contribution is 6.96. The van der Waals surface area contributed by atoms with Crippen molar-refractivity contribution in [2.75, 3.05) is 7.11 Å². The van der Waals surface area contributed by atoms with Gasteiger partial charge in [0.1, 0.15) is 13.8 Å². The van der Waals surface area contributed by atoms with Crippen LogP contribution in [-0.4, -0.2) is 21.0 Å². The fraction of sp³-hybridized carbons (Fsp3) is 0.375. The van der Waals surface area contributed by atoms with Crippen molar-refractivity contribution < 1.29 is 9.53 Å². The average molecular weight is 379 g/mol. The Hall–Kier alpha value is -2.13. The molecule has 1 fully saturated rings. The summed E-state index contributed by atoms with van der Waals surface area (Å²) in [5.74, 6) is 1.02. The Labute approximate surface area is 164 Å². The lowest BCUT2D eigenvalue weighted by molar-refractivity contribution is 0.0790. The van der Waals surface area contributed by atoms with Gasteiger partial charge in [-0.2, -0.15) is 0 Å². The van der Waals surface area contributed by atoms with E-state index in [1.54, 1.807) is 7.11 Å². The molecule has 3 heteroatoms. The monoisotopic (exact) mass is 378 g/mol. The van der Waals surface area contributed by atoms with Crippen LogP contribution in [0.4, 0.5) is 0 Å². The predicted molar refractivity (Wildman–Crippen MR) is 116 cm³/mol. The highest BCUT2D eigenvalue weighted by atomic mass is 28.3. The summed E-state index contributed by atoms with van der Waals surface area (Å²) in [6.07, 6.45) is 5.23. The van der Waals surface area contributed by atoms with Crippen LogP contribution in [0.1, 0.15) is 42.5 Å². The van der Waals surface area contributed by atoms with Gasteiger partial charge in [0, 0.05) is 5.56 Å². The zero-order valence-corrected chi connectivity index (χ0v) is 17.8. The van der Waals surface area contributed by atoms with E-state index in [-0.39, 0.29) is 5.78 Å². The van der Waals surface area contributed by atoms with E-state index in [0.717, 1.165) is 37.0 Å². The lowest BCUT2D eigenvalue weighted by Gasteiger charge is -2.43. The Morgan fingerprint density at radius 3 is 2.11 bits per heavy atom. The van der Waals surface area contributed by atoms with Crippen LogP contribution in [0.5, 0.6) is 5.75 Å². The average Bonchev–Trinajstić information content (AvgIpc) is 2.73. The van der Waals surface area contributed by atoms with E-state index in [1.807, 2.05) is 24.3 Å². The van der Waals surface area contributed by atoms with Crippen molar-refractivity contribution in [3.8, 4) is 5.75 Å². The molecule has 0 radical (unpaired) electrons. The number of carbonyl (C=O) groups is 1. The lowest BCUT2D eigenvalue weighted by atomic mass is 9.69. The van der Waals surface area contributed by atoms with Crippen LogP contribution in [-0.2, 0) is 0 Å². The smallest absolute Gasteiger partial charge is 0.172 e. The van der Waals surface area contributed by atoms with Gasteiger partial charge in [-0.25, -0.2) is 0 Å². The van der Waals surface area contributed by atoms with Crippen molar-refractivity contribution in [3.63, 3.8) is 0 Å². The molecule has 0 saturated heterocycles. The molecule has 1 saturated carbocycles. The van der Waals surface area contributed by atoms with Crippen molar-refractivity contribution in [2.24, 2.45) is 5.41 Å². The van der Waals surface area contributed by atoms with Crippen molar-refractivity contribution >= 4 is 19.0 Å². The molecule has 2 aromatic carbocycles. The summed E-state index contributed by atoms with van der Waals surface area (Å²) in [5.41, 5.74) is 0.343. The van der Waals surface area contributed by atoms with Gasteiger partial charge in [-0.15, -0.1) is 6.58 Å². The minimum absolute atomic E-state index is 0.242. The number of ether oxygens (including phenoxy) is 1. The van der Waals surface area contributed by atoms with Gasteiger partial charge in [0.2, 0.25) is 0 Å². The van der Waals surface area contributed by atoms with Gasteiger partial charge >= 0.3 is 0 Å². The third kappa shape index (κ3) is 3.66. The molecule has 0 N–H and O–H groups in total.